The topological polar surface area (TPSA) is 12.0 Å². The van der Waals surface area contributed by atoms with Crippen molar-refractivity contribution < 1.29 is 4.39 Å². The van der Waals surface area contributed by atoms with Crippen molar-refractivity contribution in [2.75, 3.05) is 5.32 Å². The lowest BCUT2D eigenvalue weighted by Crippen LogP contribution is -2.09. The highest BCUT2D eigenvalue weighted by Gasteiger charge is 2.17. The quantitative estimate of drug-likeness (QED) is 0.612. The van der Waals surface area contributed by atoms with Gasteiger partial charge in [0.15, 0.2) is 0 Å². The third-order valence-electron chi connectivity index (χ3n) is 2.82. The van der Waals surface area contributed by atoms with Crippen molar-refractivity contribution in [3.8, 4) is 0 Å². The Labute approximate surface area is 136 Å². The van der Waals surface area contributed by atoms with Crippen LogP contribution in [-0.4, -0.2) is 0 Å². The molecule has 0 aliphatic heterocycles. The predicted octanol–water partition coefficient (Wildman–Crippen LogP) is 6.61. The second-order valence-electron chi connectivity index (χ2n) is 4.25. The van der Waals surface area contributed by atoms with Crippen LogP contribution in [-0.2, 0) is 0 Å². The fraction of sp³-hybridized carbons (Fsp3) is 0.143. The fourth-order valence-corrected chi connectivity index (χ4v) is 3.01. The van der Waals surface area contributed by atoms with E-state index in [-0.39, 0.29) is 11.1 Å². The highest BCUT2D eigenvalue weighted by molar-refractivity contribution is 6.37. The van der Waals surface area contributed by atoms with Crippen LogP contribution in [0.1, 0.15) is 18.5 Å². The number of nitrogens with one attached hydrogen (secondary N) is 1. The molecular formula is C14H10Cl4FN. The van der Waals surface area contributed by atoms with Crippen molar-refractivity contribution in [3.05, 3.63) is 61.8 Å². The van der Waals surface area contributed by atoms with Crippen molar-refractivity contribution in [1.82, 2.24) is 0 Å². The van der Waals surface area contributed by atoms with E-state index < -0.39 is 5.82 Å². The van der Waals surface area contributed by atoms with E-state index in [2.05, 4.69) is 5.32 Å². The number of benzene rings is 2. The van der Waals surface area contributed by atoms with E-state index in [0.29, 0.717) is 26.3 Å². The molecule has 6 heteroatoms. The molecule has 0 aromatic heterocycles. The van der Waals surface area contributed by atoms with Crippen molar-refractivity contribution in [2.45, 2.75) is 13.0 Å². The van der Waals surface area contributed by atoms with Gasteiger partial charge in [0, 0.05) is 15.6 Å². The van der Waals surface area contributed by atoms with Gasteiger partial charge in [0.25, 0.3) is 0 Å². The van der Waals surface area contributed by atoms with Crippen molar-refractivity contribution in [2.24, 2.45) is 0 Å². The van der Waals surface area contributed by atoms with Gasteiger partial charge in [0.05, 0.1) is 21.8 Å². The van der Waals surface area contributed by atoms with Crippen LogP contribution >= 0.6 is 46.4 Å². The molecule has 0 radical (unpaired) electrons. The minimum absolute atomic E-state index is 0.00239. The number of hydrogen-bond donors (Lipinski definition) is 1. The minimum Gasteiger partial charge on any atom is -0.377 e. The molecule has 1 N–H and O–H groups in total. The summed E-state index contributed by atoms with van der Waals surface area (Å²) in [5.41, 5.74) is 1.15. The van der Waals surface area contributed by atoms with E-state index in [9.17, 15) is 4.39 Å². The Kier molecular flexibility index (Phi) is 5.03. The number of rotatable bonds is 3. The molecule has 2 aromatic rings. The van der Waals surface area contributed by atoms with Crippen molar-refractivity contribution in [1.29, 1.82) is 0 Å². The standard InChI is InChI=1S/C14H10Cl4FN/c1-7(13-9(16)3-4-11(19)14(13)18)20-12-5-2-8(15)6-10(12)17/h2-7,20H,1H3. The first-order chi connectivity index (χ1) is 9.40. The second kappa shape index (κ2) is 6.40. The Bertz CT molecular complexity index is 645. The highest BCUT2D eigenvalue weighted by Crippen LogP contribution is 2.35. The lowest BCUT2D eigenvalue weighted by molar-refractivity contribution is 0.624. The van der Waals surface area contributed by atoms with Crippen LogP contribution in [0.5, 0.6) is 0 Å². The summed E-state index contributed by atoms with van der Waals surface area (Å²) in [7, 11) is 0. The number of hydrogen-bond acceptors (Lipinski definition) is 1. The summed E-state index contributed by atoms with van der Waals surface area (Å²) >= 11 is 24.0. The zero-order valence-corrected chi connectivity index (χ0v) is 13.4. The number of halogens is 5. The average Bonchev–Trinajstić information content (AvgIpc) is 2.38. The smallest absolute Gasteiger partial charge is 0.142 e. The van der Waals surface area contributed by atoms with Gasteiger partial charge in [0.1, 0.15) is 5.82 Å². The van der Waals surface area contributed by atoms with E-state index in [1.54, 1.807) is 18.2 Å². The van der Waals surface area contributed by atoms with Gasteiger partial charge in [-0.2, -0.15) is 0 Å². The molecule has 0 fully saturated rings. The van der Waals surface area contributed by atoms with E-state index in [1.807, 2.05) is 6.92 Å². The molecule has 2 aromatic carbocycles. The lowest BCUT2D eigenvalue weighted by Gasteiger charge is -2.19. The fourth-order valence-electron chi connectivity index (χ4n) is 1.85. The van der Waals surface area contributed by atoms with Crippen LogP contribution in [0.25, 0.3) is 0 Å². The van der Waals surface area contributed by atoms with E-state index in [0.717, 1.165) is 0 Å². The van der Waals surface area contributed by atoms with E-state index in [1.165, 1.54) is 12.1 Å². The second-order valence-corrected chi connectivity index (χ2v) is 5.88. The molecule has 0 saturated carbocycles. The summed E-state index contributed by atoms with van der Waals surface area (Å²) in [6.07, 6.45) is 0. The average molecular weight is 353 g/mol. The van der Waals surface area contributed by atoms with Gasteiger partial charge in [-0.15, -0.1) is 0 Å². The Hall–Kier alpha value is -0.670. The third-order valence-corrected chi connectivity index (χ3v) is 4.08. The van der Waals surface area contributed by atoms with Crippen LogP contribution < -0.4 is 5.32 Å². The molecule has 0 amide bonds. The van der Waals surface area contributed by atoms with Gasteiger partial charge in [-0.05, 0) is 37.3 Å². The zero-order valence-electron chi connectivity index (χ0n) is 10.4. The van der Waals surface area contributed by atoms with Crippen LogP contribution in [0, 0.1) is 5.82 Å². The maximum absolute atomic E-state index is 13.5. The first kappa shape index (κ1) is 15.7. The summed E-state index contributed by atoms with van der Waals surface area (Å²) in [5, 5.41) is 4.53. The molecule has 0 bridgehead atoms. The van der Waals surface area contributed by atoms with Gasteiger partial charge in [-0.1, -0.05) is 46.4 Å². The first-order valence-electron chi connectivity index (χ1n) is 5.75. The molecule has 1 unspecified atom stereocenters. The molecular weight excluding hydrogens is 343 g/mol. The van der Waals surface area contributed by atoms with Crippen LogP contribution in [0.4, 0.5) is 10.1 Å². The summed E-state index contributed by atoms with van der Waals surface area (Å²) in [5.74, 6) is -0.512. The SMILES string of the molecule is CC(Nc1ccc(Cl)cc1Cl)c1c(Cl)ccc(F)c1Cl. The van der Waals surface area contributed by atoms with Gasteiger partial charge in [-0.25, -0.2) is 4.39 Å². The van der Waals surface area contributed by atoms with E-state index >= 15 is 0 Å². The Morgan fingerprint density at radius 3 is 2.35 bits per heavy atom. The van der Waals surface area contributed by atoms with Crippen LogP contribution in [0.3, 0.4) is 0 Å². The van der Waals surface area contributed by atoms with E-state index in [4.69, 9.17) is 46.4 Å². The summed E-state index contributed by atoms with van der Waals surface area (Å²) < 4.78 is 13.5. The molecule has 0 saturated heterocycles. The molecule has 0 aliphatic rings. The largest absolute Gasteiger partial charge is 0.377 e. The predicted molar refractivity (Wildman–Crippen MR) is 84.9 cm³/mol. The molecule has 0 heterocycles. The monoisotopic (exact) mass is 351 g/mol. The van der Waals surface area contributed by atoms with Crippen molar-refractivity contribution >= 4 is 52.1 Å². The number of anilines is 1. The van der Waals surface area contributed by atoms with Gasteiger partial charge < -0.3 is 5.32 Å². The Morgan fingerprint density at radius 1 is 1.00 bits per heavy atom. The molecule has 1 atom stereocenters. The minimum atomic E-state index is -0.512. The molecule has 20 heavy (non-hydrogen) atoms. The molecule has 0 spiro atoms. The molecule has 1 nitrogen and oxygen atoms in total. The van der Waals surface area contributed by atoms with Crippen molar-refractivity contribution in [3.63, 3.8) is 0 Å². The molecule has 0 aliphatic carbocycles. The van der Waals surface area contributed by atoms with Gasteiger partial charge in [-0.3, -0.25) is 0 Å². The molecule has 106 valence electrons. The Balaban J connectivity index is 2.33. The Morgan fingerprint density at radius 2 is 1.70 bits per heavy atom. The summed E-state index contributed by atoms with van der Waals surface area (Å²) in [6, 6.07) is 7.45. The maximum Gasteiger partial charge on any atom is 0.142 e. The normalized spacial score (nSPS) is 12.3. The maximum atomic E-state index is 13.5. The molecule has 2 rings (SSSR count). The summed E-state index contributed by atoms with van der Waals surface area (Å²) in [6.45, 7) is 1.82. The van der Waals surface area contributed by atoms with Crippen LogP contribution in [0.15, 0.2) is 30.3 Å². The zero-order chi connectivity index (χ0) is 14.9. The van der Waals surface area contributed by atoms with Crippen LogP contribution in [0.2, 0.25) is 20.1 Å². The third kappa shape index (κ3) is 3.32. The summed E-state index contributed by atoms with van der Waals surface area (Å²) in [4.78, 5) is 0. The van der Waals surface area contributed by atoms with Gasteiger partial charge in [0.2, 0.25) is 0 Å². The lowest BCUT2D eigenvalue weighted by atomic mass is 10.1. The first-order valence-corrected chi connectivity index (χ1v) is 7.26. The van der Waals surface area contributed by atoms with Gasteiger partial charge >= 0.3 is 0 Å². The highest BCUT2D eigenvalue weighted by atomic mass is 35.5.